The highest BCUT2D eigenvalue weighted by Crippen LogP contribution is 2.31. The molecule has 1 N–H and O–H groups in total. The number of aromatic nitrogens is 2. The maximum atomic E-state index is 9.61. The summed E-state index contributed by atoms with van der Waals surface area (Å²) in [5, 5.41) is 10.1. The Bertz CT molecular complexity index is 475. The van der Waals surface area contributed by atoms with Gasteiger partial charge in [0.1, 0.15) is 11.0 Å². The molecule has 0 unspecified atom stereocenters. The standard InChI is InChI=1S/C8H4ClIN2O/c9-4-3-5(10)8(13)7-6(4)11-1-2-12-7/h1-3,13H. The fourth-order valence-electron chi connectivity index (χ4n) is 1.05. The number of hydrogen-bond donors (Lipinski definition) is 1. The Balaban J connectivity index is 2.97. The fourth-order valence-corrected chi connectivity index (χ4v) is 2.05. The van der Waals surface area contributed by atoms with Crippen LogP contribution >= 0.6 is 34.2 Å². The van der Waals surface area contributed by atoms with E-state index in [0.29, 0.717) is 19.6 Å². The number of halogens is 2. The van der Waals surface area contributed by atoms with E-state index in [4.69, 9.17) is 11.6 Å². The van der Waals surface area contributed by atoms with Gasteiger partial charge in [-0.1, -0.05) is 11.6 Å². The lowest BCUT2D eigenvalue weighted by atomic mass is 10.3. The van der Waals surface area contributed by atoms with Crippen molar-refractivity contribution in [3.8, 4) is 5.75 Å². The number of fused-ring (bicyclic) bond motifs is 1. The molecule has 0 amide bonds. The second kappa shape index (κ2) is 3.26. The highest BCUT2D eigenvalue weighted by molar-refractivity contribution is 14.1. The molecule has 0 aliphatic carbocycles. The molecule has 13 heavy (non-hydrogen) atoms. The van der Waals surface area contributed by atoms with Gasteiger partial charge in [-0.2, -0.15) is 0 Å². The van der Waals surface area contributed by atoms with Crippen molar-refractivity contribution in [3.63, 3.8) is 0 Å². The summed E-state index contributed by atoms with van der Waals surface area (Å²) in [6.45, 7) is 0. The molecule has 2 rings (SSSR count). The molecule has 1 aromatic carbocycles. The fraction of sp³-hybridized carbons (Fsp3) is 0. The molecule has 3 nitrogen and oxygen atoms in total. The van der Waals surface area contributed by atoms with Gasteiger partial charge in [-0.3, -0.25) is 4.98 Å². The Hall–Kier alpha value is -0.620. The van der Waals surface area contributed by atoms with Crippen LogP contribution < -0.4 is 0 Å². The van der Waals surface area contributed by atoms with Gasteiger partial charge in [-0.25, -0.2) is 4.98 Å². The molecule has 2 aromatic rings. The molecule has 1 aromatic heterocycles. The Labute approximate surface area is 92.9 Å². The summed E-state index contributed by atoms with van der Waals surface area (Å²) < 4.78 is 0.676. The van der Waals surface area contributed by atoms with Crippen molar-refractivity contribution >= 4 is 45.2 Å². The minimum Gasteiger partial charge on any atom is -0.505 e. The van der Waals surface area contributed by atoms with E-state index in [1.54, 1.807) is 12.3 Å². The first-order valence-electron chi connectivity index (χ1n) is 3.48. The van der Waals surface area contributed by atoms with E-state index in [-0.39, 0.29) is 5.75 Å². The van der Waals surface area contributed by atoms with Gasteiger partial charge in [0.15, 0.2) is 5.75 Å². The Morgan fingerprint density at radius 1 is 1.23 bits per heavy atom. The lowest BCUT2D eigenvalue weighted by Gasteiger charge is -2.02. The lowest BCUT2D eigenvalue weighted by molar-refractivity contribution is 0.476. The zero-order valence-electron chi connectivity index (χ0n) is 6.33. The number of phenolic OH excluding ortho intramolecular Hbond substituents is 1. The molecule has 0 saturated carbocycles. The van der Waals surface area contributed by atoms with E-state index in [1.165, 1.54) is 6.20 Å². The van der Waals surface area contributed by atoms with Crippen LogP contribution in [-0.4, -0.2) is 15.1 Å². The zero-order chi connectivity index (χ0) is 9.42. The van der Waals surface area contributed by atoms with Crippen LogP contribution in [0.5, 0.6) is 5.75 Å². The Morgan fingerprint density at radius 3 is 2.54 bits per heavy atom. The third-order valence-electron chi connectivity index (χ3n) is 1.63. The van der Waals surface area contributed by atoms with E-state index >= 15 is 0 Å². The molecular formula is C8H4ClIN2O. The maximum Gasteiger partial charge on any atom is 0.156 e. The number of rotatable bonds is 0. The summed E-state index contributed by atoms with van der Waals surface area (Å²) in [7, 11) is 0. The number of aromatic hydroxyl groups is 1. The average molecular weight is 306 g/mol. The second-order valence-corrected chi connectivity index (χ2v) is 4.01. The summed E-state index contributed by atoms with van der Waals surface area (Å²) in [5.41, 5.74) is 0.974. The van der Waals surface area contributed by atoms with Crippen LogP contribution in [0.3, 0.4) is 0 Å². The highest BCUT2D eigenvalue weighted by Gasteiger charge is 2.09. The van der Waals surface area contributed by atoms with Crippen molar-refractivity contribution < 1.29 is 5.11 Å². The number of nitrogens with zero attached hydrogens (tertiary/aromatic N) is 2. The quantitative estimate of drug-likeness (QED) is 0.761. The third kappa shape index (κ3) is 1.44. The van der Waals surface area contributed by atoms with Crippen molar-refractivity contribution in [2.75, 3.05) is 0 Å². The largest absolute Gasteiger partial charge is 0.505 e. The molecule has 0 aliphatic rings. The summed E-state index contributed by atoms with van der Waals surface area (Å²) >= 11 is 7.91. The molecular weight excluding hydrogens is 302 g/mol. The van der Waals surface area contributed by atoms with Gasteiger partial charge >= 0.3 is 0 Å². The van der Waals surface area contributed by atoms with Crippen molar-refractivity contribution in [2.24, 2.45) is 0 Å². The SMILES string of the molecule is Oc1c(I)cc(Cl)c2nccnc12. The topological polar surface area (TPSA) is 46.0 Å². The Morgan fingerprint density at radius 2 is 1.85 bits per heavy atom. The Kier molecular flexibility index (Phi) is 2.25. The van der Waals surface area contributed by atoms with E-state index in [0.717, 1.165) is 0 Å². The third-order valence-corrected chi connectivity index (χ3v) is 2.74. The van der Waals surface area contributed by atoms with Crippen LogP contribution in [0.2, 0.25) is 5.02 Å². The molecule has 0 spiro atoms. The molecule has 0 fully saturated rings. The van der Waals surface area contributed by atoms with E-state index in [2.05, 4.69) is 9.97 Å². The van der Waals surface area contributed by atoms with Gasteiger partial charge in [0.05, 0.1) is 8.59 Å². The first kappa shape index (κ1) is 8.96. The van der Waals surface area contributed by atoms with Gasteiger partial charge in [0.25, 0.3) is 0 Å². The van der Waals surface area contributed by atoms with Gasteiger partial charge in [0, 0.05) is 12.4 Å². The minimum absolute atomic E-state index is 0.133. The summed E-state index contributed by atoms with van der Waals surface area (Å²) in [6.07, 6.45) is 3.06. The van der Waals surface area contributed by atoms with Crippen molar-refractivity contribution in [3.05, 3.63) is 27.1 Å². The van der Waals surface area contributed by atoms with Gasteiger partial charge < -0.3 is 5.11 Å². The molecule has 1 heterocycles. The number of hydrogen-bond acceptors (Lipinski definition) is 3. The minimum atomic E-state index is 0.133. The molecule has 0 aliphatic heterocycles. The normalized spacial score (nSPS) is 10.6. The summed E-state index contributed by atoms with van der Waals surface area (Å²) in [6, 6.07) is 1.66. The van der Waals surface area contributed by atoms with E-state index in [1.807, 2.05) is 22.6 Å². The van der Waals surface area contributed by atoms with Crippen molar-refractivity contribution in [2.45, 2.75) is 0 Å². The molecule has 0 bridgehead atoms. The van der Waals surface area contributed by atoms with Crippen LogP contribution in [0, 0.1) is 3.57 Å². The van der Waals surface area contributed by atoms with Gasteiger partial charge in [-0.15, -0.1) is 0 Å². The first-order chi connectivity index (χ1) is 6.20. The zero-order valence-corrected chi connectivity index (χ0v) is 9.24. The van der Waals surface area contributed by atoms with Crippen LogP contribution in [0.25, 0.3) is 11.0 Å². The van der Waals surface area contributed by atoms with Crippen molar-refractivity contribution in [1.82, 2.24) is 9.97 Å². The number of benzene rings is 1. The average Bonchev–Trinajstić information content (AvgIpc) is 2.15. The second-order valence-electron chi connectivity index (χ2n) is 2.44. The molecule has 5 heteroatoms. The van der Waals surface area contributed by atoms with Crippen LogP contribution in [0.15, 0.2) is 18.5 Å². The van der Waals surface area contributed by atoms with Gasteiger partial charge in [-0.05, 0) is 28.7 Å². The molecule has 66 valence electrons. The smallest absolute Gasteiger partial charge is 0.156 e. The summed E-state index contributed by atoms with van der Waals surface area (Å²) in [4.78, 5) is 8.03. The molecule has 0 saturated heterocycles. The van der Waals surface area contributed by atoms with E-state index in [9.17, 15) is 5.11 Å². The van der Waals surface area contributed by atoms with Gasteiger partial charge in [0.2, 0.25) is 0 Å². The predicted octanol–water partition coefficient (Wildman–Crippen LogP) is 2.59. The molecule has 0 atom stereocenters. The number of phenols is 1. The molecule has 0 radical (unpaired) electrons. The lowest BCUT2D eigenvalue weighted by Crippen LogP contribution is -1.86. The van der Waals surface area contributed by atoms with E-state index < -0.39 is 0 Å². The first-order valence-corrected chi connectivity index (χ1v) is 4.93. The summed E-state index contributed by atoms with van der Waals surface area (Å²) in [5.74, 6) is 0.133. The maximum absolute atomic E-state index is 9.61. The van der Waals surface area contributed by atoms with Crippen molar-refractivity contribution in [1.29, 1.82) is 0 Å². The van der Waals surface area contributed by atoms with Crippen LogP contribution in [0.4, 0.5) is 0 Å². The predicted molar refractivity (Wildman–Crippen MR) is 58.9 cm³/mol. The monoisotopic (exact) mass is 306 g/mol. The van der Waals surface area contributed by atoms with Crippen LogP contribution in [0.1, 0.15) is 0 Å². The highest BCUT2D eigenvalue weighted by atomic mass is 127. The van der Waals surface area contributed by atoms with Crippen LogP contribution in [-0.2, 0) is 0 Å².